The lowest BCUT2D eigenvalue weighted by Gasteiger charge is -2.11. The predicted octanol–water partition coefficient (Wildman–Crippen LogP) is 2.47. The first kappa shape index (κ1) is 22.9. The average Bonchev–Trinajstić information content (AvgIpc) is 2.98. The van der Waals surface area contributed by atoms with Gasteiger partial charge < -0.3 is 20.5 Å². The van der Waals surface area contributed by atoms with E-state index in [9.17, 15) is 14.0 Å². The zero-order chi connectivity index (χ0) is 21.2. The van der Waals surface area contributed by atoms with Crippen LogP contribution < -0.4 is 16.4 Å². The molecule has 1 aromatic heterocycles. The highest BCUT2D eigenvalue weighted by Gasteiger charge is 2.16. The zero-order valence-electron chi connectivity index (χ0n) is 16.4. The third-order valence-corrected chi connectivity index (χ3v) is 4.85. The zero-order valence-corrected chi connectivity index (χ0v) is 17.2. The average molecular weight is 424 g/mol. The summed E-state index contributed by atoms with van der Waals surface area (Å²) in [6.45, 7) is 5.54. The van der Waals surface area contributed by atoms with Crippen molar-refractivity contribution in [3.63, 3.8) is 0 Å². The molecule has 0 saturated heterocycles. The lowest BCUT2D eigenvalue weighted by molar-refractivity contribution is -0.117. The van der Waals surface area contributed by atoms with E-state index in [4.69, 9.17) is 15.2 Å². The molecule has 0 radical (unpaired) electrons. The quantitative estimate of drug-likeness (QED) is 0.477. The van der Waals surface area contributed by atoms with Crippen molar-refractivity contribution in [1.29, 1.82) is 0 Å². The van der Waals surface area contributed by atoms with E-state index in [0.717, 1.165) is 22.7 Å². The van der Waals surface area contributed by atoms with Crippen molar-refractivity contribution in [3.8, 4) is 0 Å². The number of nitrogens with zero attached hydrogens (tertiary/aromatic N) is 1. The maximum Gasteiger partial charge on any atom is 0.259 e. The normalized spacial score (nSPS) is 10.8. The van der Waals surface area contributed by atoms with Crippen LogP contribution in [0.25, 0.3) is 0 Å². The van der Waals surface area contributed by atoms with E-state index in [0.29, 0.717) is 31.5 Å². The van der Waals surface area contributed by atoms with Crippen LogP contribution in [-0.2, 0) is 14.3 Å². The number of hydrogen-bond acceptors (Lipinski definition) is 7. The Kier molecular flexibility index (Phi) is 9.13. The van der Waals surface area contributed by atoms with Gasteiger partial charge in [-0.1, -0.05) is 0 Å². The van der Waals surface area contributed by atoms with Crippen LogP contribution in [0.4, 0.5) is 15.2 Å². The van der Waals surface area contributed by atoms with Gasteiger partial charge in [0.1, 0.15) is 5.82 Å². The summed E-state index contributed by atoms with van der Waals surface area (Å²) in [5.74, 6) is -1.44. The van der Waals surface area contributed by atoms with E-state index < -0.39 is 17.6 Å². The van der Waals surface area contributed by atoms with Crippen LogP contribution in [0, 0.1) is 19.7 Å². The van der Waals surface area contributed by atoms with Gasteiger partial charge in [0, 0.05) is 11.4 Å². The van der Waals surface area contributed by atoms with Gasteiger partial charge in [-0.05, 0) is 32.0 Å². The van der Waals surface area contributed by atoms with Crippen molar-refractivity contribution in [1.82, 2.24) is 4.98 Å². The number of carbonyl (C=O) groups is 2. The third kappa shape index (κ3) is 7.50. The monoisotopic (exact) mass is 424 g/mol. The minimum absolute atomic E-state index is 0.0549. The number of halogens is 1. The third-order valence-electron chi connectivity index (χ3n) is 3.86. The second kappa shape index (κ2) is 11.6. The summed E-state index contributed by atoms with van der Waals surface area (Å²) in [7, 11) is 0. The molecule has 0 aliphatic carbocycles. The van der Waals surface area contributed by atoms with Crippen LogP contribution in [0.2, 0.25) is 0 Å². The summed E-state index contributed by atoms with van der Waals surface area (Å²) in [5, 5.41) is 5.68. The Labute approximate surface area is 172 Å². The van der Waals surface area contributed by atoms with Crippen LogP contribution in [0.15, 0.2) is 18.2 Å². The van der Waals surface area contributed by atoms with E-state index in [1.54, 1.807) is 0 Å². The molecule has 2 aromatic rings. The Morgan fingerprint density at radius 2 is 1.86 bits per heavy atom. The first-order valence-corrected chi connectivity index (χ1v) is 9.92. The van der Waals surface area contributed by atoms with Gasteiger partial charge in [-0.25, -0.2) is 9.37 Å². The number of nitrogens with one attached hydrogen (secondary N) is 2. The summed E-state index contributed by atoms with van der Waals surface area (Å²) >= 11 is 1.34. The Bertz CT molecular complexity index is 824. The highest BCUT2D eigenvalue weighted by Crippen LogP contribution is 2.24. The molecule has 0 aliphatic heterocycles. The molecule has 1 aromatic carbocycles. The highest BCUT2D eigenvalue weighted by atomic mass is 32.1. The minimum atomic E-state index is -0.564. The highest BCUT2D eigenvalue weighted by molar-refractivity contribution is 7.15. The summed E-state index contributed by atoms with van der Waals surface area (Å²) in [6, 6.07) is 3.58. The second-order valence-corrected chi connectivity index (χ2v) is 7.32. The molecule has 29 heavy (non-hydrogen) atoms. The number of ether oxygens (including phenoxy) is 2. The van der Waals surface area contributed by atoms with Gasteiger partial charge in [-0.15, -0.1) is 11.3 Å². The van der Waals surface area contributed by atoms with Crippen molar-refractivity contribution in [2.45, 2.75) is 20.3 Å². The van der Waals surface area contributed by atoms with Crippen molar-refractivity contribution in [2.75, 3.05) is 43.6 Å². The number of aryl methyl sites for hydroxylation is 2. The molecule has 10 heteroatoms. The molecule has 4 N–H and O–H groups in total. The van der Waals surface area contributed by atoms with Gasteiger partial charge in [0.15, 0.2) is 5.13 Å². The number of aromatic nitrogens is 1. The Morgan fingerprint density at radius 1 is 1.14 bits per heavy atom. The molecule has 158 valence electrons. The predicted molar refractivity (Wildman–Crippen MR) is 110 cm³/mol. The van der Waals surface area contributed by atoms with Crippen LogP contribution in [-0.4, -0.2) is 49.8 Å². The number of amides is 2. The molecule has 1 heterocycles. The van der Waals surface area contributed by atoms with Gasteiger partial charge in [-0.2, -0.15) is 0 Å². The van der Waals surface area contributed by atoms with E-state index in [1.165, 1.54) is 17.4 Å². The molecule has 0 bridgehead atoms. The lowest BCUT2D eigenvalue weighted by atomic mass is 10.1. The van der Waals surface area contributed by atoms with Gasteiger partial charge in [0.05, 0.1) is 49.8 Å². The molecule has 8 nitrogen and oxygen atoms in total. The molecule has 0 unspecified atom stereocenters. The summed E-state index contributed by atoms with van der Waals surface area (Å²) in [5.41, 5.74) is 6.35. The fourth-order valence-corrected chi connectivity index (χ4v) is 3.10. The SMILES string of the molecule is Cc1nc(NC(=O)c2ccc(F)cc2NC(=O)CCOCCOCCN)sc1C. The lowest BCUT2D eigenvalue weighted by Crippen LogP contribution is -2.20. The number of carbonyl (C=O) groups excluding carboxylic acids is 2. The second-order valence-electron chi connectivity index (χ2n) is 6.12. The van der Waals surface area contributed by atoms with Gasteiger partial charge in [-0.3, -0.25) is 14.9 Å². The summed E-state index contributed by atoms with van der Waals surface area (Å²) in [6.07, 6.45) is 0.0549. The first-order chi connectivity index (χ1) is 13.9. The van der Waals surface area contributed by atoms with Gasteiger partial charge >= 0.3 is 0 Å². The van der Waals surface area contributed by atoms with Crippen LogP contribution in [0.3, 0.4) is 0 Å². The largest absolute Gasteiger partial charge is 0.379 e. The number of hydrogen-bond donors (Lipinski definition) is 3. The Morgan fingerprint density at radius 3 is 2.52 bits per heavy atom. The molecule has 0 saturated carbocycles. The Balaban J connectivity index is 1.91. The van der Waals surface area contributed by atoms with Crippen LogP contribution in [0.5, 0.6) is 0 Å². The molecule has 2 rings (SSSR count). The molecule has 0 spiro atoms. The van der Waals surface area contributed by atoms with Gasteiger partial charge in [0.2, 0.25) is 5.91 Å². The summed E-state index contributed by atoms with van der Waals surface area (Å²) < 4.78 is 24.1. The maximum atomic E-state index is 13.7. The van der Waals surface area contributed by atoms with Crippen molar-refractivity contribution in [3.05, 3.63) is 40.2 Å². The fourth-order valence-electron chi connectivity index (χ4n) is 2.29. The topological polar surface area (TPSA) is 116 Å². The van der Waals surface area contributed by atoms with Crippen molar-refractivity contribution in [2.24, 2.45) is 5.73 Å². The van der Waals surface area contributed by atoms with E-state index in [1.807, 2.05) is 13.8 Å². The number of anilines is 2. The minimum Gasteiger partial charge on any atom is -0.379 e. The van der Waals surface area contributed by atoms with Crippen molar-refractivity contribution < 1.29 is 23.5 Å². The fraction of sp³-hybridized carbons (Fsp3) is 0.421. The Hall–Kier alpha value is -2.40. The number of thiazole rings is 1. The smallest absolute Gasteiger partial charge is 0.259 e. The number of nitrogens with two attached hydrogens (primary N) is 1. The maximum absolute atomic E-state index is 13.7. The van der Waals surface area contributed by atoms with Crippen LogP contribution >= 0.6 is 11.3 Å². The molecule has 2 amide bonds. The molecule has 0 aliphatic rings. The van der Waals surface area contributed by atoms with E-state index in [2.05, 4.69) is 15.6 Å². The molecular weight excluding hydrogens is 399 g/mol. The standard InChI is InChI=1S/C19H25FN4O4S/c1-12-13(2)29-19(22-12)24-18(26)15-4-3-14(20)11-16(15)23-17(25)5-7-27-9-10-28-8-6-21/h3-4,11H,5-10,21H2,1-2H3,(H,23,25)(H,22,24,26). The van der Waals surface area contributed by atoms with Crippen LogP contribution in [0.1, 0.15) is 27.3 Å². The van der Waals surface area contributed by atoms with E-state index >= 15 is 0 Å². The summed E-state index contributed by atoms with van der Waals surface area (Å²) in [4.78, 5) is 29.9. The molecule has 0 fully saturated rings. The number of rotatable bonds is 11. The van der Waals surface area contributed by atoms with Gasteiger partial charge in [0.25, 0.3) is 5.91 Å². The van der Waals surface area contributed by atoms with E-state index in [-0.39, 0.29) is 24.3 Å². The number of benzene rings is 1. The molecule has 0 atom stereocenters. The first-order valence-electron chi connectivity index (χ1n) is 9.11. The molecular formula is C19H25FN4O4S. The van der Waals surface area contributed by atoms with Crippen molar-refractivity contribution >= 4 is 34.0 Å².